The van der Waals surface area contributed by atoms with E-state index >= 15 is 0 Å². The number of likely N-dealkylation sites (tertiary alicyclic amines) is 1. The minimum absolute atomic E-state index is 0.0144. The third kappa shape index (κ3) is 2.81. The molecule has 2 heterocycles. The van der Waals surface area contributed by atoms with Crippen LogP contribution in [0, 0.1) is 17.8 Å². The number of benzene rings is 1. The fraction of sp³-hybridized carbons (Fsp3) is 0.550. The molecule has 1 aromatic rings. The zero-order valence-corrected chi connectivity index (χ0v) is 16.0. The van der Waals surface area contributed by atoms with Gasteiger partial charge in [0.15, 0.2) is 0 Å². The van der Waals surface area contributed by atoms with Gasteiger partial charge in [-0.2, -0.15) is 0 Å². The Labute approximate surface area is 158 Å². The Morgan fingerprint density at radius 3 is 2.37 bits per heavy atom. The van der Waals surface area contributed by atoms with Crippen LogP contribution in [0.15, 0.2) is 24.3 Å². The molecule has 3 N–H and O–H groups in total. The quantitative estimate of drug-likeness (QED) is 0.678. The standard InChI is InChI=1S/C20H26N2O5/c1-10(2)9-20(19(26)27)15-14(17(24)22(11(3)4)18(15)25)16(21-20)12-7-5-6-8-13(12)23/h5-8,10-11,14-16,21,23H,9H2,1-4H3,(H,26,27)/t14-,15-,16-,20+/m0/s1. The number of amides is 2. The van der Waals surface area contributed by atoms with Crippen LogP contribution in [0.1, 0.15) is 45.7 Å². The molecule has 0 radical (unpaired) electrons. The van der Waals surface area contributed by atoms with Crippen LogP contribution >= 0.6 is 0 Å². The van der Waals surface area contributed by atoms with Crippen molar-refractivity contribution in [2.45, 2.75) is 51.7 Å². The first-order valence-corrected chi connectivity index (χ1v) is 9.34. The number of para-hydroxylation sites is 1. The van der Waals surface area contributed by atoms with Gasteiger partial charge in [0.25, 0.3) is 0 Å². The Morgan fingerprint density at radius 1 is 1.22 bits per heavy atom. The Hall–Kier alpha value is -2.41. The van der Waals surface area contributed by atoms with Crippen molar-refractivity contribution in [3.05, 3.63) is 29.8 Å². The van der Waals surface area contributed by atoms with Gasteiger partial charge in [0.1, 0.15) is 35.1 Å². The van der Waals surface area contributed by atoms with E-state index in [1.54, 1.807) is 37.4 Å². The molecule has 0 saturated carbocycles. The lowest BCUT2D eigenvalue weighted by Gasteiger charge is -2.34. The molecule has 0 unspecified atom stereocenters. The summed E-state index contributed by atoms with van der Waals surface area (Å²) < 4.78 is 0. The number of quaternary nitrogens is 1. The number of carboxylic acids is 1. The van der Waals surface area contributed by atoms with Gasteiger partial charge < -0.3 is 20.3 Å². The Bertz CT molecular complexity index is 790. The second kappa shape index (κ2) is 6.64. The predicted octanol–water partition coefficient (Wildman–Crippen LogP) is -0.445. The lowest BCUT2D eigenvalue weighted by Crippen LogP contribution is -2.99. The molecule has 2 fully saturated rings. The summed E-state index contributed by atoms with van der Waals surface area (Å²) in [6.45, 7) is 7.22. The van der Waals surface area contributed by atoms with Gasteiger partial charge in [-0.1, -0.05) is 26.0 Å². The van der Waals surface area contributed by atoms with Gasteiger partial charge in [-0.25, -0.2) is 0 Å². The van der Waals surface area contributed by atoms with Crippen molar-refractivity contribution in [1.29, 1.82) is 0 Å². The van der Waals surface area contributed by atoms with E-state index in [0.717, 1.165) is 0 Å². The Balaban J connectivity index is 2.19. The monoisotopic (exact) mass is 374 g/mol. The third-order valence-corrected chi connectivity index (χ3v) is 5.74. The number of hydrogen-bond acceptors (Lipinski definition) is 5. The first kappa shape index (κ1) is 19.4. The molecule has 2 aliphatic rings. The first-order valence-electron chi connectivity index (χ1n) is 9.34. The van der Waals surface area contributed by atoms with Crippen molar-refractivity contribution in [3.8, 4) is 5.75 Å². The summed E-state index contributed by atoms with van der Waals surface area (Å²) in [4.78, 5) is 39.7. The van der Waals surface area contributed by atoms with Crippen LogP contribution in [0.2, 0.25) is 0 Å². The summed E-state index contributed by atoms with van der Waals surface area (Å²) in [6.07, 6.45) is 0.200. The number of carbonyl (C=O) groups is 3. The molecule has 0 aliphatic carbocycles. The number of hydrogen-bond donors (Lipinski definition) is 2. The van der Waals surface area contributed by atoms with Crippen LogP contribution in [-0.2, 0) is 14.4 Å². The maximum absolute atomic E-state index is 13.1. The minimum atomic E-state index is -1.54. The average Bonchev–Trinajstić information content (AvgIpc) is 3.03. The van der Waals surface area contributed by atoms with E-state index in [1.165, 1.54) is 11.0 Å². The highest BCUT2D eigenvalue weighted by Gasteiger charge is 2.70. The smallest absolute Gasteiger partial charge is 0.240 e. The Morgan fingerprint density at radius 2 is 1.85 bits per heavy atom. The maximum Gasteiger partial charge on any atom is 0.240 e. The van der Waals surface area contributed by atoms with Crippen molar-refractivity contribution in [2.24, 2.45) is 17.8 Å². The number of phenolic OH excluding ortho intramolecular Hbond substituents is 1. The van der Waals surface area contributed by atoms with E-state index in [9.17, 15) is 24.6 Å². The number of carboxylic acid groups (broad SMARTS) is 1. The van der Waals surface area contributed by atoms with Gasteiger partial charge in [0.05, 0.1) is 5.56 Å². The lowest BCUT2D eigenvalue weighted by atomic mass is 9.75. The highest BCUT2D eigenvalue weighted by molar-refractivity contribution is 6.08. The fourth-order valence-electron chi connectivity index (χ4n) is 4.86. The molecule has 2 aliphatic heterocycles. The van der Waals surface area contributed by atoms with Gasteiger partial charge in [0.2, 0.25) is 11.8 Å². The third-order valence-electron chi connectivity index (χ3n) is 5.74. The molecule has 2 saturated heterocycles. The van der Waals surface area contributed by atoms with Crippen LogP contribution in [-0.4, -0.2) is 39.4 Å². The van der Waals surface area contributed by atoms with Crippen LogP contribution < -0.4 is 10.4 Å². The second-order valence-corrected chi connectivity index (χ2v) is 8.32. The van der Waals surface area contributed by atoms with E-state index in [-0.39, 0.29) is 30.0 Å². The van der Waals surface area contributed by atoms with E-state index in [1.807, 2.05) is 13.8 Å². The van der Waals surface area contributed by atoms with Gasteiger partial charge >= 0.3 is 0 Å². The topological polar surface area (TPSA) is 114 Å². The summed E-state index contributed by atoms with van der Waals surface area (Å²) in [5, 5.41) is 24.2. The molecule has 1 aromatic carbocycles. The van der Waals surface area contributed by atoms with Crippen molar-refractivity contribution < 1.29 is 29.9 Å². The number of nitrogens with zero attached hydrogens (tertiary/aromatic N) is 1. The molecule has 146 valence electrons. The number of phenols is 1. The predicted molar refractivity (Wildman–Crippen MR) is 93.9 cm³/mol. The summed E-state index contributed by atoms with van der Waals surface area (Å²) >= 11 is 0. The Kier molecular flexibility index (Phi) is 4.76. The van der Waals surface area contributed by atoms with E-state index in [2.05, 4.69) is 0 Å². The van der Waals surface area contributed by atoms with Gasteiger partial charge in [-0.15, -0.1) is 0 Å². The maximum atomic E-state index is 13.1. The largest absolute Gasteiger partial charge is 0.544 e. The molecule has 4 atom stereocenters. The van der Waals surface area contributed by atoms with Crippen molar-refractivity contribution >= 4 is 17.8 Å². The molecule has 3 rings (SSSR count). The summed E-state index contributed by atoms with van der Waals surface area (Å²) in [6, 6.07) is 5.53. The average molecular weight is 374 g/mol. The van der Waals surface area contributed by atoms with Gasteiger partial charge in [-0.3, -0.25) is 14.5 Å². The summed E-state index contributed by atoms with van der Waals surface area (Å²) in [7, 11) is 0. The molecule has 0 bridgehead atoms. The molecule has 0 spiro atoms. The van der Waals surface area contributed by atoms with E-state index in [4.69, 9.17) is 0 Å². The second-order valence-electron chi connectivity index (χ2n) is 8.32. The molecule has 7 nitrogen and oxygen atoms in total. The molecular weight excluding hydrogens is 348 g/mol. The van der Waals surface area contributed by atoms with Crippen LogP contribution in [0.4, 0.5) is 0 Å². The van der Waals surface area contributed by atoms with Crippen molar-refractivity contribution in [1.82, 2.24) is 4.90 Å². The number of carbonyl (C=O) groups excluding carboxylic acids is 3. The molecule has 2 amide bonds. The van der Waals surface area contributed by atoms with E-state index < -0.39 is 35.3 Å². The highest BCUT2D eigenvalue weighted by Crippen LogP contribution is 2.47. The molecule has 0 aromatic heterocycles. The zero-order valence-electron chi connectivity index (χ0n) is 16.0. The highest BCUT2D eigenvalue weighted by atomic mass is 16.4. The first-order chi connectivity index (χ1) is 12.6. The summed E-state index contributed by atoms with van der Waals surface area (Å²) in [5.74, 6) is -4.06. The van der Waals surface area contributed by atoms with Crippen LogP contribution in [0.25, 0.3) is 0 Å². The fourth-order valence-corrected chi connectivity index (χ4v) is 4.86. The molecular formula is C20H26N2O5. The number of rotatable bonds is 5. The van der Waals surface area contributed by atoms with E-state index in [0.29, 0.717) is 5.56 Å². The minimum Gasteiger partial charge on any atom is -0.544 e. The number of imide groups is 1. The van der Waals surface area contributed by atoms with Crippen LogP contribution in [0.3, 0.4) is 0 Å². The molecule has 7 heteroatoms. The van der Waals surface area contributed by atoms with Crippen molar-refractivity contribution in [2.75, 3.05) is 0 Å². The number of aliphatic carboxylic acids is 1. The van der Waals surface area contributed by atoms with Gasteiger partial charge in [-0.05, 0) is 31.9 Å². The van der Waals surface area contributed by atoms with Crippen molar-refractivity contribution in [3.63, 3.8) is 0 Å². The number of nitrogens with two attached hydrogens (primary N) is 1. The number of aromatic hydroxyl groups is 1. The summed E-state index contributed by atoms with van der Waals surface area (Å²) in [5.41, 5.74) is -1.08. The molecule has 27 heavy (non-hydrogen) atoms. The lowest BCUT2D eigenvalue weighted by molar-refractivity contribution is -0.740. The SMILES string of the molecule is CC(C)C[C@@]1(C(=O)[O-])[NH2+][C@@H](c2ccccc2O)[C@H]2C(=O)N(C(C)C)C(=O)[C@H]21. The van der Waals surface area contributed by atoms with Gasteiger partial charge in [0, 0.05) is 12.5 Å². The zero-order chi connectivity index (χ0) is 20.1. The van der Waals surface area contributed by atoms with Crippen LogP contribution in [0.5, 0.6) is 5.75 Å². The number of fused-ring (bicyclic) bond motifs is 1. The normalized spacial score (nSPS) is 30.4.